The number of anilines is 1. The zero-order valence-electron chi connectivity index (χ0n) is 17.3. The molecule has 0 atom stereocenters. The van der Waals surface area contributed by atoms with E-state index in [1.165, 1.54) is 7.11 Å². The summed E-state index contributed by atoms with van der Waals surface area (Å²) in [5, 5.41) is 17.9. The van der Waals surface area contributed by atoms with Gasteiger partial charge in [0, 0.05) is 24.7 Å². The van der Waals surface area contributed by atoms with E-state index in [0.29, 0.717) is 43.2 Å². The van der Waals surface area contributed by atoms with Crippen LogP contribution in [0.2, 0.25) is 0 Å². The van der Waals surface area contributed by atoms with Crippen molar-refractivity contribution < 1.29 is 19.0 Å². The molecule has 0 aromatic heterocycles. The number of nitrogens with zero attached hydrogens (tertiary/aromatic N) is 3. The smallest absolute Gasteiger partial charge is 0.227 e. The lowest BCUT2D eigenvalue weighted by atomic mass is 10.2. The Morgan fingerprint density at radius 3 is 2.47 bits per heavy atom. The quantitative estimate of drug-likeness (QED) is 0.521. The van der Waals surface area contributed by atoms with Crippen LogP contribution in [0.25, 0.3) is 0 Å². The van der Waals surface area contributed by atoms with Crippen LogP contribution in [0, 0.1) is 22.7 Å². The van der Waals surface area contributed by atoms with Gasteiger partial charge in [-0.15, -0.1) is 0 Å². The van der Waals surface area contributed by atoms with Gasteiger partial charge >= 0.3 is 0 Å². The fourth-order valence-corrected chi connectivity index (χ4v) is 2.85. The molecule has 0 spiro atoms. The van der Waals surface area contributed by atoms with Crippen molar-refractivity contribution in [1.29, 1.82) is 10.5 Å². The highest BCUT2D eigenvalue weighted by molar-refractivity contribution is 5.93. The van der Waals surface area contributed by atoms with Gasteiger partial charge in [0.25, 0.3) is 0 Å². The third kappa shape index (κ3) is 6.42. The second-order valence-corrected chi connectivity index (χ2v) is 6.31. The molecule has 0 aliphatic heterocycles. The van der Waals surface area contributed by atoms with Gasteiger partial charge in [0.1, 0.15) is 5.75 Å². The predicted octanol–water partition coefficient (Wildman–Crippen LogP) is 4.07. The minimum Gasteiger partial charge on any atom is -0.494 e. The van der Waals surface area contributed by atoms with Crippen LogP contribution in [0.5, 0.6) is 17.2 Å². The summed E-state index contributed by atoms with van der Waals surface area (Å²) in [4.78, 5) is 14.4. The van der Waals surface area contributed by atoms with Gasteiger partial charge in [0.15, 0.2) is 11.5 Å². The Bertz CT molecular complexity index is 914. The third-order valence-corrected chi connectivity index (χ3v) is 4.29. The summed E-state index contributed by atoms with van der Waals surface area (Å²) < 4.78 is 16.4. The van der Waals surface area contributed by atoms with Crippen LogP contribution >= 0.6 is 0 Å². The standard InChI is InChI=1S/C23H25N3O4/c1-3-29-20-10-8-19(9-11-20)26(14-5-13-24)23(27)6-4-15-30-21-12-7-18(17-25)16-22(21)28-2/h7-12,16H,3-6,14-15H2,1-2H3. The second kappa shape index (κ2) is 12.0. The van der Waals surface area contributed by atoms with Gasteiger partial charge in [-0.05, 0) is 49.7 Å². The normalized spacial score (nSPS) is 9.87. The Labute approximate surface area is 177 Å². The van der Waals surface area contributed by atoms with Crippen molar-refractivity contribution in [3.05, 3.63) is 48.0 Å². The summed E-state index contributed by atoms with van der Waals surface area (Å²) >= 11 is 0. The number of carbonyl (C=O) groups is 1. The van der Waals surface area contributed by atoms with Crippen LogP contribution in [-0.2, 0) is 4.79 Å². The molecule has 0 aliphatic carbocycles. The van der Waals surface area contributed by atoms with E-state index in [9.17, 15) is 4.79 Å². The molecule has 0 saturated heterocycles. The lowest BCUT2D eigenvalue weighted by Gasteiger charge is -2.22. The highest BCUT2D eigenvalue weighted by Gasteiger charge is 2.16. The molecule has 7 nitrogen and oxygen atoms in total. The molecule has 0 heterocycles. The van der Waals surface area contributed by atoms with E-state index < -0.39 is 0 Å². The summed E-state index contributed by atoms with van der Waals surface area (Å²) in [5.41, 5.74) is 1.21. The summed E-state index contributed by atoms with van der Waals surface area (Å²) in [6.45, 7) is 3.13. The number of benzene rings is 2. The lowest BCUT2D eigenvalue weighted by Crippen LogP contribution is -2.31. The monoisotopic (exact) mass is 407 g/mol. The van der Waals surface area contributed by atoms with Crippen molar-refractivity contribution in [3.8, 4) is 29.4 Å². The average molecular weight is 407 g/mol. The summed E-state index contributed by atoms with van der Waals surface area (Å²) in [5.74, 6) is 1.66. The number of methoxy groups -OCH3 is 1. The Morgan fingerprint density at radius 2 is 1.83 bits per heavy atom. The number of nitriles is 2. The second-order valence-electron chi connectivity index (χ2n) is 6.31. The molecule has 2 aromatic carbocycles. The number of rotatable bonds is 11. The van der Waals surface area contributed by atoms with Crippen LogP contribution in [0.4, 0.5) is 5.69 Å². The highest BCUT2D eigenvalue weighted by atomic mass is 16.5. The molecule has 156 valence electrons. The summed E-state index contributed by atoms with van der Waals surface area (Å²) in [6.07, 6.45) is 1.02. The largest absolute Gasteiger partial charge is 0.494 e. The first-order valence-electron chi connectivity index (χ1n) is 9.74. The average Bonchev–Trinajstić information content (AvgIpc) is 2.78. The number of carbonyl (C=O) groups excluding carboxylic acids is 1. The van der Waals surface area contributed by atoms with Gasteiger partial charge in [-0.25, -0.2) is 0 Å². The number of hydrogen-bond acceptors (Lipinski definition) is 6. The molecule has 0 N–H and O–H groups in total. The zero-order valence-corrected chi connectivity index (χ0v) is 17.3. The van der Waals surface area contributed by atoms with Crippen LogP contribution in [0.3, 0.4) is 0 Å². The van der Waals surface area contributed by atoms with E-state index in [1.807, 2.05) is 37.3 Å². The van der Waals surface area contributed by atoms with E-state index in [1.54, 1.807) is 23.1 Å². The minimum atomic E-state index is -0.0789. The van der Waals surface area contributed by atoms with E-state index in [-0.39, 0.29) is 18.7 Å². The Kier molecular flexibility index (Phi) is 9.02. The van der Waals surface area contributed by atoms with Crippen LogP contribution in [0.1, 0.15) is 31.7 Å². The van der Waals surface area contributed by atoms with Crippen LogP contribution in [0.15, 0.2) is 42.5 Å². The maximum Gasteiger partial charge on any atom is 0.227 e. The predicted molar refractivity (Wildman–Crippen MR) is 113 cm³/mol. The van der Waals surface area contributed by atoms with Gasteiger partial charge in [0.2, 0.25) is 5.91 Å². The van der Waals surface area contributed by atoms with Crippen molar-refractivity contribution in [2.24, 2.45) is 0 Å². The van der Waals surface area contributed by atoms with Gasteiger partial charge in [0.05, 0.1) is 44.4 Å². The number of amides is 1. The molecule has 7 heteroatoms. The summed E-state index contributed by atoms with van der Waals surface area (Å²) in [7, 11) is 1.51. The van der Waals surface area contributed by atoms with E-state index in [0.717, 1.165) is 11.4 Å². The molecule has 0 saturated carbocycles. The first kappa shape index (κ1) is 22.6. The van der Waals surface area contributed by atoms with Gasteiger partial charge in [-0.1, -0.05) is 0 Å². The molecule has 0 bridgehead atoms. The molecule has 30 heavy (non-hydrogen) atoms. The molecule has 0 radical (unpaired) electrons. The van der Waals surface area contributed by atoms with Crippen molar-refractivity contribution in [2.45, 2.75) is 26.2 Å². The Balaban J connectivity index is 1.94. The summed E-state index contributed by atoms with van der Waals surface area (Å²) in [6, 6.07) is 16.3. The first-order chi connectivity index (χ1) is 14.6. The van der Waals surface area contributed by atoms with Crippen LogP contribution < -0.4 is 19.1 Å². The highest BCUT2D eigenvalue weighted by Crippen LogP contribution is 2.28. The van der Waals surface area contributed by atoms with E-state index >= 15 is 0 Å². The molecule has 0 aliphatic rings. The van der Waals surface area contributed by atoms with Crippen molar-refractivity contribution in [1.82, 2.24) is 0 Å². The van der Waals surface area contributed by atoms with E-state index in [2.05, 4.69) is 6.07 Å². The fraction of sp³-hybridized carbons (Fsp3) is 0.348. The first-order valence-corrected chi connectivity index (χ1v) is 9.74. The van der Waals surface area contributed by atoms with Gasteiger partial charge in [-0.3, -0.25) is 4.79 Å². The Hall–Kier alpha value is -3.71. The van der Waals surface area contributed by atoms with Crippen LogP contribution in [-0.4, -0.2) is 32.8 Å². The maximum atomic E-state index is 12.7. The number of hydrogen-bond donors (Lipinski definition) is 0. The molecule has 2 aromatic rings. The molecule has 0 unspecified atom stereocenters. The maximum absolute atomic E-state index is 12.7. The molecule has 1 amide bonds. The molecule has 2 rings (SSSR count). The van der Waals surface area contributed by atoms with E-state index in [4.69, 9.17) is 24.7 Å². The minimum absolute atomic E-state index is 0.0789. The molecular formula is C23H25N3O4. The van der Waals surface area contributed by atoms with Gasteiger partial charge < -0.3 is 19.1 Å². The zero-order chi connectivity index (χ0) is 21.8. The molecular weight excluding hydrogens is 382 g/mol. The Morgan fingerprint density at radius 1 is 1.07 bits per heavy atom. The topological polar surface area (TPSA) is 95.6 Å². The lowest BCUT2D eigenvalue weighted by molar-refractivity contribution is -0.118. The van der Waals surface area contributed by atoms with Crippen molar-refractivity contribution in [2.75, 3.05) is 31.8 Å². The van der Waals surface area contributed by atoms with Gasteiger partial charge in [-0.2, -0.15) is 10.5 Å². The SMILES string of the molecule is CCOc1ccc(N(CCC#N)C(=O)CCCOc2ccc(C#N)cc2OC)cc1. The van der Waals surface area contributed by atoms with Crippen molar-refractivity contribution in [3.63, 3.8) is 0 Å². The number of ether oxygens (including phenoxy) is 3. The fourth-order valence-electron chi connectivity index (χ4n) is 2.85. The molecule has 0 fully saturated rings. The van der Waals surface area contributed by atoms with Crippen molar-refractivity contribution >= 4 is 11.6 Å². The third-order valence-electron chi connectivity index (χ3n) is 4.29.